The van der Waals surface area contributed by atoms with Crippen LogP contribution in [-0.4, -0.2) is 31.0 Å². The van der Waals surface area contributed by atoms with Crippen LogP contribution in [-0.2, 0) is 0 Å². The summed E-state index contributed by atoms with van der Waals surface area (Å²) in [5.74, 6) is -0.305. The number of nitro benzene ring substituents is 2. The summed E-state index contributed by atoms with van der Waals surface area (Å²) in [7, 11) is 0. The van der Waals surface area contributed by atoms with Gasteiger partial charge in [0.15, 0.2) is 0 Å². The molecule has 0 bridgehead atoms. The van der Waals surface area contributed by atoms with Crippen molar-refractivity contribution in [1.82, 2.24) is 9.97 Å². The molecule has 0 unspecified atom stereocenters. The fraction of sp³-hybridized carbons (Fsp3) is 0.111. The highest BCUT2D eigenvalue weighted by Crippen LogP contribution is 2.33. The molecule has 304 valence electrons. The molecule has 8 rings (SSSR count). The third-order valence-electron chi connectivity index (χ3n) is 8.93. The molecule has 0 aliphatic rings. The van der Waals surface area contributed by atoms with Crippen molar-refractivity contribution in [2.45, 2.75) is 35.1 Å². The van der Waals surface area contributed by atoms with Crippen LogP contribution in [0.1, 0.15) is 50.4 Å². The Hall–Kier alpha value is -6.87. The molecule has 6 aromatic carbocycles. The highest BCUT2D eigenvalue weighted by molar-refractivity contribution is 7.22. The third-order valence-corrected chi connectivity index (χ3v) is 11.3. The van der Waals surface area contributed by atoms with E-state index in [0.717, 1.165) is 42.6 Å². The number of nitrogens with one attached hydrogen (secondary N) is 1. The van der Waals surface area contributed by atoms with Gasteiger partial charge in [0.25, 0.3) is 22.5 Å². The first-order valence-electron chi connectivity index (χ1n) is 17.9. The van der Waals surface area contributed by atoms with E-state index >= 15 is 0 Å². The monoisotopic (exact) mass is 858 g/mol. The fourth-order valence-corrected chi connectivity index (χ4v) is 8.18. The zero-order valence-corrected chi connectivity index (χ0v) is 34.4. The van der Waals surface area contributed by atoms with E-state index in [-0.39, 0.29) is 24.7 Å². The summed E-state index contributed by atoms with van der Waals surface area (Å²) in [6.45, 7) is 7.44. The van der Waals surface area contributed by atoms with E-state index in [1.54, 1.807) is 36.5 Å². The quantitative estimate of drug-likeness (QED) is 0.0681. The molecule has 1 amide bonds. The number of aromatic nitrogens is 2. The summed E-state index contributed by atoms with van der Waals surface area (Å²) >= 11 is 8.58. The van der Waals surface area contributed by atoms with Crippen molar-refractivity contribution >= 4 is 88.6 Å². The highest BCUT2D eigenvalue weighted by atomic mass is 35.5. The third kappa shape index (κ3) is 10.8. The normalized spacial score (nSPS) is 10.4. The molecular formula is C45H39ClN6O6S2. The molecule has 12 nitrogen and oxygen atoms in total. The van der Waals surface area contributed by atoms with Crippen molar-refractivity contribution in [2.75, 3.05) is 11.1 Å². The molecule has 0 spiro atoms. The van der Waals surface area contributed by atoms with Gasteiger partial charge in [-0.3, -0.25) is 29.8 Å². The molecule has 0 radical (unpaired) electrons. The largest absolute Gasteiger partial charge is 0.399 e. The molecule has 0 fully saturated rings. The molecule has 2 aromatic heterocycles. The van der Waals surface area contributed by atoms with Crippen LogP contribution in [0.2, 0.25) is 0 Å². The molecule has 2 heterocycles. The molecule has 0 saturated carbocycles. The number of nitrogens with two attached hydrogens (primary N) is 1. The van der Waals surface area contributed by atoms with Crippen molar-refractivity contribution in [1.29, 1.82) is 0 Å². The molecule has 0 aliphatic heterocycles. The van der Waals surface area contributed by atoms with Crippen LogP contribution in [0.4, 0.5) is 22.7 Å². The van der Waals surface area contributed by atoms with Crippen molar-refractivity contribution < 1.29 is 19.4 Å². The topological polar surface area (TPSA) is 184 Å². The van der Waals surface area contributed by atoms with Gasteiger partial charge in [-0.05, 0) is 146 Å². The number of hydrogen-bond donors (Lipinski definition) is 2. The van der Waals surface area contributed by atoms with E-state index in [4.69, 9.17) is 17.3 Å². The summed E-state index contributed by atoms with van der Waals surface area (Å²) in [4.78, 5) is 52.8. The zero-order valence-electron chi connectivity index (χ0n) is 32.1. The number of benzene rings is 6. The summed E-state index contributed by atoms with van der Waals surface area (Å²) < 4.78 is 2.38. The Labute approximate surface area is 358 Å². The second kappa shape index (κ2) is 19.3. The Kier molecular flexibility index (Phi) is 14.2. The van der Waals surface area contributed by atoms with Gasteiger partial charge in [0, 0.05) is 57.9 Å². The number of fused-ring (bicyclic) bond motifs is 2. The van der Waals surface area contributed by atoms with Gasteiger partial charge in [-0.15, -0.1) is 22.7 Å². The van der Waals surface area contributed by atoms with Gasteiger partial charge in [-0.2, -0.15) is 0 Å². The number of hydrogen-bond acceptors (Lipinski definition) is 11. The SMILES string of the molecule is C.Cc1cc([N+](=O)[O-])ccc1C(=O)Cl.Cc1ccc2nc(-c3ccc(N)cc3)sc2c1.Cc1ccc2nc(-c3ccc(NC(=O)c4ccc([N+](=O)[O-])cc4C)cc3)sc2c1. The number of anilines is 2. The smallest absolute Gasteiger partial charge is 0.269 e. The Morgan fingerprint density at radius 1 is 0.617 bits per heavy atom. The maximum atomic E-state index is 12.5. The molecule has 3 N–H and O–H groups in total. The van der Waals surface area contributed by atoms with E-state index in [1.165, 1.54) is 52.2 Å². The van der Waals surface area contributed by atoms with E-state index in [0.29, 0.717) is 27.9 Å². The Morgan fingerprint density at radius 2 is 1.05 bits per heavy atom. The molecule has 0 aliphatic carbocycles. The summed E-state index contributed by atoms with van der Waals surface area (Å²) in [5.41, 5.74) is 15.4. The molecule has 60 heavy (non-hydrogen) atoms. The number of amides is 1. The van der Waals surface area contributed by atoms with Gasteiger partial charge in [0.1, 0.15) is 10.0 Å². The van der Waals surface area contributed by atoms with Crippen molar-refractivity contribution in [3.63, 3.8) is 0 Å². The van der Waals surface area contributed by atoms with Crippen LogP contribution in [0.25, 0.3) is 41.6 Å². The Balaban J connectivity index is 0.000000187. The van der Waals surface area contributed by atoms with Gasteiger partial charge in [0.05, 0.1) is 30.3 Å². The van der Waals surface area contributed by atoms with Crippen molar-refractivity contribution in [3.05, 3.63) is 175 Å². The van der Waals surface area contributed by atoms with Crippen LogP contribution in [0, 0.1) is 47.9 Å². The number of nitrogen functional groups attached to an aromatic ring is 1. The van der Waals surface area contributed by atoms with Crippen LogP contribution < -0.4 is 11.1 Å². The van der Waals surface area contributed by atoms with Gasteiger partial charge < -0.3 is 11.1 Å². The molecule has 0 saturated heterocycles. The van der Waals surface area contributed by atoms with Crippen molar-refractivity contribution in [2.24, 2.45) is 0 Å². The van der Waals surface area contributed by atoms with E-state index in [2.05, 4.69) is 53.4 Å². The van der Waals surface area contributed by atoms with Gasteiger partial charge in [0.2, 0.25) is 0 Å². The number of carbonyl (C=O) groups excluding carboxylic acids is 2. The second-order valence-corrected chi connectivity index (χ2v) is 15.8. The summed E-state index contributed by atoms with van der Waals surface area (Å²) in [6.07, 6.45) is 0. The van der Waals surface area contributed by atoms with Crippen LogP contribution >= 0.6 is 34.3 Å². The number of nitrogens with zero attached hydrogens (tertiary/aromatic N) is 4. The summed E-state index contributed by atoms with van der Waals surface area (Å²) in [6, 6.07) is 36.0. The maximum Gasteiger partial charge on any atom is 0.269 e. The predicted octanol–water partition coefficient (Wildman–Crippen LogP) is 12.5. The molecule has 8 aromatic rings. The van der Waals surface area contributed by atoms with E-state index < -0.39 is 15.1 Å². The molecule has 0 atom stereocenters. The average molecular weight is 859 g/mol. The van der Waals surface area contributed by atoms with Crippen LogP contribution in [0.3, 0.4) is 0 Å². The first kappa shape index (κ1) is 44.2. The number of nitro groups is 2. The second-order valence-electron chi connectivity index (χ2n) is 13.4. The lowest BCUT2D eigenvalue weighted by Gasteiger charge is -2.08. The lowest BCUT2D eigenvalue weighted by molar-refractivity contribution is -0.385. The number of aryl methyl sites for hydroxylation is 4. The van der Waals surface area contributed by atoms with Crippen LogP contribution in [0.15, 0.2) is 121 Å². The van der Waals surface area contributed by atoms with Gasteiger partial charge in [-0.25, -0.2) is 9.97 Å². The van der Waals surface area contributed by atoms with Gasteiger partial charge in [-0.1, -0.05) is 19.6 Å². The number of rotatable bonds is 7. The zero-order chi connectivity index (χ0) is 42.4. The fourth-order valence-electron chi connectivity index (χ4n) is 5.83. The average Bonchev–Trinajstić information content (AvgIpc) is 3.82. The molecular weight excluding hydrogens is 820 g/mol. The predicted molar refractivity (Wildman–Crippen MR) is 245 cm³/mol. The first-order chi connectivity index (χ1) is 28.1. The highest BCUT2D eigenvalue weighted by Gasteiger charge is 2.15. The maximum absolute atomic E-state index is 12.5. The molecule has 15 heteroatoms. The summed E-state index contributed by atoms with van der Waals surface area (Å²) in [5, 5.41) is 25.4. The minimum Gasteiger partial charge on any atom is -0.399 e. The number of thiazole rings is 2. The lowest BCUT2D eigenvalue weighted by Crippen LogP contribution is -2.13. The number of non-ortho nitro benzene ring substituents is 2. The lowest BCUT2D eigenvalue weighted by atomic mass is 10.1. The standard InChI is InChI=1S/C22H17N3O3S.C14H12N2S.C8H6ClNO3.CH4/c1-13-3-10-19-20(11-13)29-22(24-19)15-4-6-16(7-5-15)23-21(26)18-9-8-17(25(27)28)12-14(18)2;1-9-2-7-12-13(8-9)17-14(16-12)10-3-5-11(15)6-4-10;1-5-4-6(10(12)13)2-3-7(5)8(9)11;/h3-12H,1-2H3,(H,23,26);2-8H,15H2,1H3;2-4H,1H3;1H4. The van der Waals surface area contributed by atoms with E-state index in [9.17, 15) is 29.8 Å². The number of halogens is 1. The van der Waals surface area contributed by atoms with Gasteiger partial charge >= 0.3 is 0 Å². The number of carbonyl (C=O) groups is 2. The first-order valence-corrected chi connectivity index (χ1v) is 19.9. The minimum atomic E-state index is -0.604. The van der Waals surface area contributed by atoms with Crippen molar-refractivity contribution in [3.8, 4) is 21.1 Å². The Morgan fingerprint density at radius 3 is 1.47 bits per heavy atom. The minimum absolute atomic E-state index is 0. The van der Waals surface area contributed by atoms with E-state index in [1.807, 2.05) is 60.7 Å². The Bertz CT molecular complexity index is 2880. The van der Waals surface area contributed by atoms with Crippen LogP contribution in [0.5, 0.6) is 0 Å².